The average Bonchev–Trinajstić information content (AvgIpc) is 2.42. The molecule has 26 heavy (non-hydrogen) atoms. The molecule has 0 aliphatic heterocycles. The molecule has 1 nitrogen and oxygen atoms in total. The monoisotopic (exact) mass is 380 g/mol. The highest BCUT2D eigenvalue weighted by molar-refractivity contribution is 6.74. The molecule has 0 aliphatic rings. The molecule has 0 fully saturated rings. The van der Waals surface area contributed by atoms with E-state index in [0.717, 1.165) is 18.3 Å². The molecule has 0 aromatic heterocycles. The van der Waals surface area contributed by atoms with Crippen LogP contribution in [0.15, 0.2) is 12.1 Å². The summed E-state index contributed by atoms with van der Waals surface area (Å²) in [4.78, 5) is 0. The first-order chi connectivity index (χ1) is 11.7. The third kappa shape index (κ3) is 10.4. The minimum absolute atomic E-state index is 0.0181. The SMILES string of the molecule is CCCCC(C)(C/C=C/B(CC(C)C)CC(C)C)O[Si](C)(C)C(C)(C)C. The first-order valence-electron chi connectivity index (χ1n) is 11.1. The lowest BCUT2D eigenvalue weighted by molar-refractivity contribution is 0.0635. The maximum atomic E-state index is 6.92. The number of rotatable bonds is 12. The summed E-state index contributed by atoms with van der Waals surface area (Å²) in [5, 5.41) is 0.266. The lowest BCUT2D eigenvalue weighted by Gasteiger charge is -2.44. The van der Waals surface area contributed by atoms with Crippen molar-refractivity contribution in [1.82, 2.24) is 0 Å². The molecule has 0 amide bonds. The summed E-state index contributed by atoms with van der Waals surface area (Å²) in [6.45, 7) is 26.5. The molecule has 1 unspecified atom stereocenters. The van der Waals surface area contributed by atoms with E-state index in [1.165, 1.54) is 31.9 Å². The quantitative estimate of drug-likeness (QED) is 0.310. The smallest absolute Gasteiger partial charge is 0.192 e. The Bertz CT molecular complexity index is 399. The van der Waals surface area contributed by atoms with Gasteiger partial charge in [-0.1, -0.05) is 98.8 Å². The predicted molar refractivity (Wildman–Crippen MR) is 125 cm³/mol. The standard InChI is InChI=1S/C23H49BOSi/c1-12-13-15-23(9,25-26(10,11)22(6,7)8)16-14-17-24(18-20(2)3)19-21(4)5/h14,17,20-21H,12-13,15-16,18-19H2,1-11H3/b17-14+. The molecule has 0 aromatic carbocycles. The first kappa shape index (κ1) is 26.0. The molecule has 0 saturated carbocycles. The zero-order valence-corrected chi connectivity index (χ0v) is 21.0. The summed E-state index contributed by atoms with van der Waals surface area (Å²) < 4.78 is 6.92. The molecule has 0 aromatic rings. The van der Waals surface area contributed by atoms with Crippen LogP contribution in [0.25, 0.3) is 0 Å². The molecule has 154 valence electrons. The van der Waals surface area contributed by atoms with Crippen LogP contribution in [0.4, 0.5) is 0 Å². The number of unbranched alkanes of at least 4 members (excludes halogenated alkanes) is 1. The second kappa shape index (κ2) is 11.1. The van der Waals surface area contributed by atoms with Gasteiger partial charge in [-0.25, -0.2) is 0 Å². The second-order valence-electron chi connectivity index (χ2n) is 11.1. The maximum Gasteiger partial charge on any atom is 0.192 e. The van der Waals surface area contributed by atoms with Crippen LogP contribution in [0.1, 0.15) is 88.0 Å². The third-order valence-electron chi connectivity index (χ3n) is 5.87. The largest absolute Gasteiger partial charge is 0.411 e. The Hall–Kier alpha value is -0.0182. The predicted octanol–water partition coefficient (Wildman–Crippen LogP) is 8.25. The van der Waals surface area contributed by atoms with Gasteiger partial charge in [0.2, 0.25) is 0 Å². The van der Waals surface area contributed by atoms with Gasteiger partial charge < -0.3 is 4.43 Å². The van der Waals surface area contributed by atoms with Gasteiger partial charge in [0.15, 0.2) is 15.0 Å². The highest BCUT2D eigenvalue weighted by Gasteiger charge is 2.42. The van der Waals surface area contributed by atoms with E-state index in [-0.39, 0.29) is 10.6 Å². The summed E-state index contributed by atoms with van der Waals surface area (Å²) in [6, 6.07) is 0. The fraction of sp³-hybridized carbons (Fsp3) is 0.913. The molecule has 0 saturated heterocycles. The van der Waals surface area contributed by atoms with Crippen LogP contribution in [0, 0.1) is 11.8 Å². The van der Waals surface area contributed by atoms with E-state index in [1.54, 1.807) is 0 Å². The fourth-order valence-electron chi connectivity index (χ4n) is 3.49. The molecular formula is C23H49BOSi. The maximum absolute atomic E-state index is 6.92. The van der Waals surface area contributed by atoms with Crippen LogP contribution in [0.3, 0.4) is 0 Å². The van der Waals surface area contributed by atoms with Crippen LogP contribution < -0.4 is 0 Å². The van der Waals surface area contributed by atoms with E-state index < -0.39 is 8.32 Å². The topological polar surface area (TPSA) is 9.23 Å². The van der Waals surface area contributed by atoms with Gasteiger partial charge in [-0.15, -0.1) is 5.98 Å². The van der Waals surface area contributed by atoms with E-state index in [1.807, 2.05) is 0 Å². The molecule has 0 spiro atoms. The highest BCUT2D eigenvalue weighted by atomic mass is 28.4. The van der Waals surface area contributed by atoms with Gasteiger partial charge in [0.25, 0.3) is 0 Å². The van der Waals surface area contributed by atoms with Crippen LogP contribution >= 0.6 is 0 Å². The Morgan fingerprint density at radius 2 is 1.46 bits per heavy atom. The van der Waals surface area contributed by atoms with E-state index in [9.17, 15) is 0 Å². The Morgan fingerprint density at radius 3 is 1.85 bits per heavy atom. The van der Waals surface area contributed by atoms with Crippen LogP contribution in [0.2, 0.25) is 30.8 Å². The Kier molecular flexibility index (Phi) is 11.1. The van der Waals surface area contributed by atoms with E-state index in [2.05, 4.69) is 87.5 Å². The first-order valence-corrected chi connectivity index (χ1v) is 14.0. The second-order valence-corrected chi connectivity index (χ2v) is 15.8. The lowest BCUT2D eigenvalue weighted by Crippen LogP contribution is -2.48. The molecule has 0 rings (SSSR count). The van der Waals surface area contributed by atoms with Crippen molar-refractivity contribution < 1.29 is 4.43 Å². The van der Waals surface area contributed by atoms with Gasteiger partial charge in [0, 0.05) is 0 Å². The van der Waals surface area contributed by atoms with Crippen molar-refractivity contribution in [1.29, 1.82) is 0 Å². The minimum atomic E-state index is -1.75. The summed E-state index contributed by atoms with van der Waals surface area (Å²) in [6.07, 6.45) is 9.74. The molecule has 0 bridgehead atoms. The number of hydrogen-bond donors (Lipinski definition) is 0. The third-order valence-corrected chi connectivity index (χ3v) is 10.5. The van der Waals surface area contributed by atoms with Gasteiger partial charge in [0.05, 0.1) is 5.60 Å². The fourth-order valence-corrected chi connectivity index (χ4v) is 5.21. The van der Waals surface area contributed by atoms with Gasteiger partial charge in [0.1, 0.15) is 0 Å². The molecule has 0 N–H and O–H groups in total. The summed E-state index contributed by atoms with van der Waals surface area (Å²) >= 11 is 0. The summed E-state index contributed by atoms with van der Waals surface area (Å²) in [5.74, 6) is 4.02. The van der Waals surface area contributed by atoms with Gasteiger partial charge >= 0.3 is 0 Å². The number of hydrogen-bond acceptors (Lipinski definition) is 1. The normalized spacial score (nSPS) is 15.9. The van der Waals surface area contributed by atoms with Gasteiger partial charge in [-0.05, 0) is 37.9 Å². The van der Waals surface area contributed by atoms with Gasteiger partial charge in [-0.3, -0.25) is 0 Å². The molecule has 0 aliphatic carbocycles. The molecule has 1 atom stereocenters. The Labute approximate surface area is 168 Å². The van der Waals surface area contributed by atoms with E-state index in [4.69, 9.17) is 4.43 Å². The van der Waals surface area contributed by atoms with E-state index in [0.29, 0.717) is 6.71 Å². The lowest BCUT2D eigenvalue weighted by atomic mass is 9.41. The average molecular weight is 381 g/mol. The Morgan fingerprint density at radius 1 is 0.962 bits per heavy atom. The molecule has 0 radical (unpaired) electrons. The van der Waals surface area contributed by atoms with Crippen molar-refractivity contribution in [3.05, 3.63) is 12.1 Å². The molecule has 3 heteroatoms. The zero-order valence-electron chi connectivity index (χ0n) is 20.0. The van der Waals surface area contributed by atoms with Crippen molar-refractivity contribution >= 4 is 15.0 Å². The summed E-state index contributed by atoms with van der Waals surface area (Å²) in [5.41, 5.74) is -0.0181. The van der Waals surface area contributed by atoms with Crippen LogP contribution in [-0.4, -0.2) is 20.6 Å². The molecule has 0 heterocycles. The minimum Gasteiger partial charge on any atom is -0.411 e. The van der Waals surface area contributed by atoms with Crippen molar-refractivity contribution in [3.63, 3.8) is 0 Å². The summed E-state index contributed by atoms with van der Waals surface area (Å²) in [7, 11) is -1.75. The highest BCUT2D eigenvalue weighted by Crippen LogP contribution is 2.41. The van der Waals surface area contributed by atoms with Crippen molar-refractivity contribution in [2.75, 3.05) is 0 Å². The Balaban J connectivity index is 5.17. The molecular weight excluding hydrogens is 331 g/mol. The zero-order chi connectivity index (χ0) is 20.6. The van der Waals surface area contributed by atoms with Crippen LogP contribution in [-0.2, 0) is 4.43 Å². The van der Waals surface area contributed by atoms with Crippen molar-refractivity contribution in [3.8, 4) is 0 Å². The van der Waals surface area contributed by atoms with Crippen LogP contribution in [0.5, 0.6) is 0 Å². The van der Waals surface area contributed by atoms with E-state index >= 15 is 0 Å². The van der Waals surface area contributed by atoms with Crippen molar-refractivity contribution in [2.24, 2.45) is 11.8 Å². The van der Waals surface area contributed by atoms with Gasteiger partial charge in [-0.2, -0.15) is 0 Å². The van der Waals surface area contributed by atoms with Crippen molar-refractivity contribution in [2.45, 2.75) is 124 Å².